The molecule has 5 rings (SSSR count). The van der Waals surface area contributed by atoms with Gasteiger partial charge in [0.1, 0.15) is 5.54 Å². The summed E-state index contributed by atoms with van der Waals surface area (Å²) in [5.41, 5.74) is 1.67. The summed E-state index contributed by atoms with van der Waals surface area (Å²) >= 11 is 0. The van der Waals surface area contributed by atoms with Crippen LogP contribution >= 0.6 is 0 Å². The van der Waals surface area contributed by atoms with Crippen LogP contribution in [0, 0.1) is 11.8 Å². The average molecular weight is 401 g/mol. The van der Waals surface area contributed by atoms with Crippen LogP contribution in [0.5, 0.6) is 0 Å². The minimum Gasteiger partial charge on any atom is -0.306 e. The summed E-state index contributed by atoms with van der Waals surface area (Å²) < 4.78 is 0. The Morgan fingerprint density at radius 1 is 1.03 bits per heavy atom. The van der Waals surface area contributed by atoms with Gasteiger partial charge in [0.25, 0.3) is 5.91 Å². The van der Waals surface area contributed by atoms with Crippen LogP contribution < -0.4 is 15.1 Å². The first-order chi connectivity index (χ1) is 14.4. The zero-order valence-electron chi connectivity index (χ0n) is 17.0. The van der Waals surface area contributed by atoms with Crippen LogP contribution in [0.25, 0.3) is 0 Å². The standard InChI is InChI=1S/C24H23N3O3/c1-14(2)13-26-18-12-8-7-11-17(18)24(23(26)30)20-19(15(3)25-24)21(28)27(22(20)29)16-9-5-4-6-10-16/h4-12,15,19-20,25H,1,13H2,2-3H3/t15-,19-,20-,24+/m1/s1. The van der Waals surface area contributed by atoms with Crippen molar-refractivity contribution in [2.45, 2.75) is 25.4 Å². The zero-order chi connectivity index (χ0) is 21.2. The number of para-hydroxylation sites is 2. The molecular weight excluding hydrogens is 378 g/mol. The molecule has 0 aliphatic carbocycles. The van der Waals surface area contributed by atoms with Crippen molar-refractivity contribution in [2.75, 3.05) is 16.3 Å². The van der Waals surface area contributed by atoms with E-state index >= 15 is 0 Å². The van der Waals surface area contributed by atoms with Gasteiger partial charge >= 0.3 is 0 Å². The van der Waals surface area contributed by atoms with E-state index < -0.39 is 17.4 Å². The second kappa shape index (κ2) is 6.37. The first kappa shape index (κ1) is 18.8. The third-order valence-corrected chi connectivity index (χ3v) is 6.46. The molecule has 6 heteroatoms. The second-order valence-electron chi connectivity index (χ2n) is 8.46. The van der Waals surface area contributed by atoms with Crippen LogP contribution in [-0.2, 0) is 19.9 Å². The highest BCUT2D eigenvalue weighted by Gasteiger charge is 2.71. The minimum absolute atomic E-state index is 0.192. The van der Waals surface area contributed by atoms with Gasteiger partial charge in [-0.2, -0.15) is 0 Å². The smallest absolute Gasteiger partial charge is 0.253 e. The lowest BCUT2D eigenvalue weighted by Crippen LogP contribution is -2.55. The third kappa shape index (κ3) is 2.25. The molecule has 3 aliphatic heterocycles. The molecule has 4 atom stereocenters. The Morgan fingerprint density at radius 2 is 1.70 bits per heavy atom. The number of carbonyl (C=O) groups is 3. The second-order valence-corrected chi connectivity index (χ2v) is 8.46. The summed E-state index contributed by atoms with van der Waals surface area (Å²) in [6.45, 7) is 8.08. The lowest BCUT2D eigenvalue weighted by Gasteiger charge is -2.30. The van der Waals surface area contributed by atoms with E-state index in [4.69, 9.17) is 0 Å². The monoisotopic (exact) mass is 401 g/mol. The van der Waals surface area contributed by atoms with Crippen molar-refractivity contribution in [3.8, 4) is 0 Å². The molecule has 6 nitrogen and oxygen atoms in total. The highest BCUT2D eigenvalue weighted by molar-refractivity contribution is 6.26. The molecule has 2 aromatic rings. The minimum atomic E-state index is -1.24. The van der Waals surface area contributed by atoms with Crippen molar-refractivity contribution < 1.29 is 14.4 Å². The quantitative estimate of drug-likeness (QED) is 0.634. The SMILES string of the molecule is C=C(C)CN1C(=O)[C@]2(N[C@H](C)[C@H]3C(=O)N(c4ccccc4)C(=O)[C@@H]32)c2ccccc21. The van der Waals surface area contributed by atoms with Crippen LogP contribution in [0.3, 0.4) is 0 Å². The number of nitrogens with one attached hydrogen (secondary N) is 1. The lowest BCUT2D eigenvalue weighted by molar-refractivity contribution is -0.132. The molecule has 1 spiro atoms. The predicted molar refractivity (Wildman–Crippen MR) is 114 cm³/mol. The van der Waals surface area contributed by atoms with Crippen molar-refractivity contribution in [1.82, 2.24) is 5.32 Å². The van der Waals surface area contributed by atoms with E-state index in [1.54, 1.807) is 29.2 Å². The fraction of sp³-hybridized carbons (Fsp3) is 0.292. The number of fused-ring (bicyclic) bond motifs is 4. The molecule has 3 aliphatic rings. The fourth-order valence-electron chi connectivity index (χ4n) is 5.37. The molecule has 2 fully saturated rings. The maximum absolute atomic E-state index is 13.8. The Hall–Kier alpha value is -3.25. The van der Waals surface area contributed by atoms with E-state index in [2.05, 4.69) is 11.9 Å². The molecule has 0 unspecified atom stereocenters. The van der Waals surface area contributed by atoms with Gasteiger partial charge in [0.05, 0.1) is 17.5 Å². The van der Waals surface area contributed by atoms with Crippen molar-refractivity contribution in [3.05, 3.63) is 72.3 Å². The number of rotatable bonds is 3. The zero-order valence-corrected chi connectivity index (χ0v) is 17.0. The van der Waals surface area contributed by atoms with E-state index in [0.29, 0.717) is 12.2 Å². The molecule has 3 heterocycles. The number of anilines is 2. The number of hydrogen-bond acceptors (Lipinski definition) is 4. The van der Waals surface area contributed by atoms with Gasteiger partial charge in [-0.1, -0.05) is 48.6 Å². The molecule has 30 heavy (non-hydrogen) atoms. The molecule has 152 valence electrons. The number of nitrogens with zero attached hydrogens (tertiary/aromatic N) is 2. The molecule has 3 amide bonds. The molecule has 0 radical (unpaired) electrons. The largest absolute Gasteiger partial charge is 0.306 e. The summed E-state index contributed by atoms with van der Waals surface area (Å²) in [4.78, 5) is 43.8. The average Bonchev–Trinajstić information content (AvgIpc) is 3.27. The van der Waals surface area contributed by atoms with E-state index in [-0.39, 0.29) is 23.8 Å². The number of hydrogen-bond donors (Lipinski definition) is 1. The predicted octanol–water partition coefficient (Wildman–Crippen LogP) is 2.60. The highest BCUT2D eigenvalue weighted by Crippen LogP contribution is 2.55. The highest BCUT2D eigenvalue weighted by atomic mass is 16.2. The molecule has 2 aromatic carbocycles. The van der Waals surface area contributed by atoms with Gasteiger partial charge in [-0.25, -0.2) is 4.90 Å². The van der Waals surface area contributed by atoms with Crippen molar-refractivity contribution >= 4 is 29.1 Å². The normalized spacial score (nSPS) is 29.7. The van der Waals surface area contributed by atoms with Gasteiger partial charge in [0.2, 0.25) is 11.8 Å². The molecule has 0 aromatic heterocycles. The first-order valence-corrected chi connectivity index (χ1v) is 10.1. The van der Waals surface area contributed by atoms with Gasteiger partial charge in [-0.05, 0) is 32.0 Å². The Labute approximate surface area is 175 Å². The molecule has 0 saturated carbocycles. The van der Waals surface area contributed by atoms with E-state index in [1.165, 1.54) is 4.90 Å². The number of carbonyl (C=O) groups excluding carboxylic acids is 3. The molecule has 2 saturated heterocycles. The van der Waals surface area contributed by atoms with E-state index in [1.807, 2.05) is 44.2 Å². The first-order valence-electron chi connectivity index (χ1n) is 10.1. The van der Waals surface area contributed by atoms with Gasteiger partial charge in [-0.15, -0.1) is 0 Å². The number of benzene rings is 2. The third-order valence-electron chi connectivity index (χ3n) is 6.46. The van der Waals surface area contributed by atoms with E-state index in [9.17, 15) is 14.4 Å². The van der Waals surface area contributed by atoms with Crippen LogP contribution in [0.15, 0.2) is 66.7 Å². The van der Waals surface area contributed by atoms with Crippen molar-refractivity contribution in [3.63, 3.8) is 0 Å². The Balaban J connectivity index is 1.67. The molecule has 1 N–H and O–H groups in total. The fourth-order valence-corrected chi connectivity index (χ4v) is 5.37. The van der Waals surface area contributed by atoms with Crippen LogP contribution in [0.2, 0.25) is 0 Å². The van der Waals surface area contributed by atoms with E-state index in [0.717, 1.165) is 16.8 Å². The summed E-state index contributed by atoms with van der Waals surface area (Å²) in [6, 6.07) is 16.1. The Kier molecular flexibility index (Phi) is 3.98. The molecule has 0 bridgehead atoms. The van der Waals surface area contributed by atoms with Gasteiger partial charge < -0.3 is 4.90 Å². The van der Waals surface area contributed by atoms with Gasteiger partial charge in [0.15, 0.2) is 0 Å². The van der Waals surface area contributed by atoms with Crippen LogP contribution in [0.4, 0.5) is 11.4 Å². The van der Waals surface area contributed by atoms with Crippen LogP contribution in [-0.4, -0.2) is 30.3 Å². The van der Waals surface area contributed by atoms with Crippen molar-refractivity contribution in [2.24, 2.45) is 11.8 Å². The summed E-state index contributed by atoms with van der Waals surface area (Å²) in [5.74, 6) is -2.16. The number of amides is 3. The Morgan fingerprint density at radius 3 is 2.40 bits per heavy atom. The number of imide groups is 1. The van der Waals surface area contributed by atoms with Crippen molar-refractivity contribution in [1.29, 1.82) is 0 Å². The molecular formula is C24H23N3O3. The summed E-state index contributed by atoms with van der Waals surface area (Å²) in [6.07, 6.45) is 0. The van der Waals surface area contributed by atoms with Gasteiger partial charge in [-0.3, -0.25) is 19.7 Å². The van der Waals surface area contributed by atoms with Gasteiger partial charge in [0, 0.05) is 23.8 Å². The summed E-state index contributed by atoms with van der Waals surface area (Å²) in [5, 5.41) is 3.38. The lowest BCUT2D eigenvalue weighted by atomic mass is 9.76. The Bertz CT molecular complexity index is 1100. The topological polar surface area (TPSA) is 69.7 Å². The maximum Gasteiger partial charge on any atom is 0.253 e. The van der Waals surface area contributed by atoms with Crippen LogP contribution in [0.1, 0.15) is 19.4 Å². The summed E-state index contributed by atoms with van der Waals surface area (Å²) in [7, 11) is 0. The maximum atomic E-state index is 13.8.